The third-order valence-electron chi connectivity index (χ3n) is 4.06. The number of nitrogens with zero attached hydrogens (tertiary/aromatic N) is 1. The Labute approximate surface area is 122 Å². The lowest BCUT2D eigenvalue weighted by Crippen LogP contribution is -2.47. The predicted molar refractivity (Wildman–Crippen MR) is 84.2 cm³/mol. The van der Waals surface area contributed by atoms with E-state index < -0.39 is 0 Å². The lowest BCUT2D eigenvalue weighted by Gasteiger charge is -2.28. The number of amides is 1. The summed E-state index contributed by atoms with van der Waals surface area (Å²) >= 11 is 0. The van der Waals surface area contributed by atoms with Crippen LogP contribution in [0.1, 0.15) is 45.6 Å². The van der Waals surface area contributed by atoms with E-state index in [-0.39, 0.29) is 17.4 Å². The average Bonchev–Trinajstić information content (AvgIpc) is 2.46. The smallest absolute Gasteiger partial charge is 0.243 e. The van der Waals surface area contributed by atoms with Crippen LogP contribution in [0, 0.1) is 0 Å². The zero-order valence-electron chi connectivity index (χ0n) is 13.1. The molecule has 1 aromatic carbocycles. The quantitative estimate of drug-likeness (QED) is 0.899. The molecule has 1 aromatic rings. The molecular formula is C17H26N2O. The molecule has 0 bridgehead atoms. The van der Waals surface area contributed by atoms with Gasteiger partial charge in [0, 0.05) is 12.7 Å². The zero-order chi connectivity index (χ0) is 14.8. The molecule has 0 radical (unpaired) electrons. The number of benzene rings is 1. The highest BCUT2D eigenvalue weighted by Crippen LogP contribution is 2.25. The van der Waals surface area contributed by atoms with Crippen molar-refractivity contribution in [2.45, 2.75) is 51.5 Å². The van der Waals surface area contributed by atoms with Crippen molar-refractivity contribution in [2.24, 2.45) is 0 Å². The van der Waals surface area contributed by atoms with Crippen LogP contribution in [0.4, 0.5) is 5.69 Å². The van der Waals surface area contributed by atoms with Crippen LogP contribution < -0.4 is 10.2 Å². The Morgan fingerprint density at radius 2 is 1.85 bits per heavy atom. The van der Waals surface area contributed by atoms with E-state index in [4.69, 9.17) is 0 Å². The van der Waals surface area contributed by atoms with Gasteiger partial charge in [-0.25, -0.2) is 0 Å². The monoisotopic (exact) mass is 274 g/mol. The van der Waals surface area contributed by atoms with Gasteiger partial charge in [0.05, 0.1) is 6.04 Å². The molecule has 3 nitrogen and oxygen atoms in total. The van der Waals surface area contributed by atoms with Crippen molar-refractivity contribution in [3.8, 4) is 0 Å². The lowest BCUT2D eigenvalue weighted by atomic mass is 9.87. The molecule has 2 rings (SSSR count). The Morgan fingerprint density at radius 1 is 1.20 bits per heavy atom. The van der Waals surface area contributed by atoms with Crippen molar-refractivity contribution in [1.82, 2.24) is 5.32 Å². The fourth-order valence-electron chi connectivity index (χ4n) is 2.61. The van der Waals surface area contributed by atoms with Crippen molar-refractivity contribution < 1.29 is 4.79 Å². The maximum Gasteiger partial charge on any atom is 0.243 e. The molecule has 20 heavy (non-hydrogen) atoms. The van der Waals surface area contributed by atoms with Gasteiger partial charge in [-0.2, -0.15) is 0 Å². The molecule has 1 atom stereocenters. The van der Waals surface area contributed by atoms with E-state index in [0.717, 1.165) is 25.1 Å². The zero-order valence-corrected chi connectivity index (χ0v) is 13.1. The molecule has 1 fully saturated rings. The number of hydrogen-bond acceptors (Lipinski definition) is 2. The molecule has 110 valence electrons. The fourth-order valence-corrected chi connectivity index (χ4v) is 2.61. The normalized spacial score (nSPS) is 19.7. The van der Waals surface area contributed by atoms with E-state index >= 15 is 0 Å². The maximum atomic E-state index is 12.4. The van der Waals surface area contributed by atoms with Crippen LogP contribution >= 0.6 is 0 Å². The Morgan fingerprint density at radius 3 is 2.35 bits per heavy atom. The highest BCUT2D eigenvalue weighted by Gasteiger charge is 2.24. The van der Waals surface area contributed by atoms with Crippen molar-refractivity contribution in [3.05, 3.63) is 29.8 Å². The summed E-state index contributed by atoms with van der Waals surface area (Å²) < 4.78 is 0. The molecule has 1 aliphatic heterocycles. The van der Waals surface area contributed by atoms with Gasteiger partial charge >= 0.3 is 0 Å². The molecule has 1 amide bonds. The van der Waals surface area contributed by atoms with Gasteiger partial charge in [-0.3, -0.25) is 4.79 Å². The van der Waals surface area contributed by atoms with E-state index in [2.05, 4.69) is 38.2 Å². The van der Waals surface area contributed by atoms with E-state index in [1.165, 1.54) is 12.0 Å². The molecule has 0 aromatic heterocycles. The molecule has 0 saturated carbocycles. The van der Waals surface area contributed by atoms with Crippen LogP contribution in [-0.4, -0.2) is 25.5 Å². The SMILES string of the molecule is CN(C(=O)C1CCCCN1)c1ccc(C(C)(C)C)cc1. The van der Waals surface area contributed by atoms with Crippen LogP contribution in [0.2, 0.25) is 0 Å². The lowest BCUT2D eigenvalue weighted by molar-refractivity contribution is -0.120. The van der Waals surface area contributed by atoms with Crippen LogP contribution in [0.15, 0.2) is 24.3 Å². The minimum Gasteiger partial charge on any atom is -0.314 e. The van der Waals surface area contributed by atoms with Gasteiger partial charge in [-0.15, -0.1) is 0 Å². The number of anilines is 1. The number of likely N-dealkylation sites (N-methyl/N-ethyl adjacent to an activating group) is 1. The van der Waals surface area contributed by atoms with Gasteiger partial charge in [0.25, 0.3) is 0 Å². The van der Waals surface area contributed by atoms with E-state index in [1.807, 2.05) is 19.2 Å². The number of carbonyl (C=O) groups is 1. The number of piperidine rings is 1. The average molecular weight is 274 g/mol. The van der Waals surface area contributed by atoms with Crippen LogP contribution in [0.5, 0.6) is 0 Å². The largest absolute Gasteiger partial charge is 0.314 e. The van der Waals surface area contributed by atoms with E-state index in [9.17, 15) is 4.79 Å². The summed E-state index contributed by atoms with van der Waals surface area (Å²) in [4.78, 5) is 14.2. The summed E-state index contributed by atoms with van der Waals surface area (Å²) in [6.07, 6.45) is 3.26. The van der Waals surface area contributed by atoms with Gasteiger partial charge in [0.15, 0.2) is 0 Å². The number of rotatable bonds is 2. The molecule has 1 saturated heterocycles. The van der Waals surface area contributed by atoms with Crippen LogP contribution in [0.3, 0.4) is 0 Å². The molecule has 1 aliphatic rings. The number of hydrogen-bond donors (Lipinski definition) is 1. The second-order valence-electron chi connectivity index (χ2n) is 6.70. The van der Waals surface area contributed by atoms with Gasteiger partial charge in [0.2, 0.25) is 5.91 Å². The number of carbonyl (C=O) groups excluding carboxylic acids is 1. The first kappa shape index (κ1) is 15.0. The third kappa shape index (κ3) is 3.40. The summed E-state index contributed by atoms with van der Waals surface area (Å²) in [5.74, 6) is 0.174. The molecular weight excluding hydrogens is 248 g/mol. The third-order valence-corrected chi connectivity index (χ3v) is 4.06. The first-order valence-electron chi connectivity index (χ1n) is 7.51. The van der Waals surface area contributed by atoms with Gasteiger partial charge in [-0.1, -0.05) is 39.3 Å². The fraction of sp³-hybridized carbons (Fsp3) is 0.588. The Kier molecular flexibility index (Phi) is 4.48. The Bertz CT molecular complexity index is 453. The summed E-state index contributed by atoms with van der Waals surface area (Å²) in [5.41, 5.74) is 2.40. The topological polar surface area (TPSA) is 32.3 Å². The molecule has 1 N–H and O–H groups in total. The Hall–Kier alpha value is -1.35. The minimum absolute atomic E-state index is 0.0176. The highest BCUT2D eigenvalue weighted by molar-refractivity contribution is 5.96. The molecule has 0 spiro atoms. The molecule has 1 heterocycles. The van der Waals surface area contributed by atoms with Gasteiger partial charge < -0.3 is 10.2 Å². The summed E-state index contributed by atoms with van der Waals surface area (Å²) in [7, 11) is 1.87. The maximum absolute atomic E-state index is 12.4. The van der Waals surface area contributed by atoms with Gasteiger partial charge in [-0.05, 0) is 42.5 Å². The summed E-state index contributed by atoms with van der Waals surface area (Å²) in [6.45, 7) is 7.54. The molecule has 0 aliphatic carbocycles. The van der Waals surface area contributed by atoms with E-state index in [0.29, 0.717) is 0 Å². The summed E-state index contributed by atoms with van der Waals surface area (Å²) in [6, 6.07) is 8.31. The molecule has 1 unspecified atom stereocenters. The predicted octanol–water partition coefficient (Wildman–Crippen LogP) is 3.09. The number of nitrogens with one attached hydrogen (secondary N) is 1. The van der Waals surface area contributed by atoms with E-state index in [1.54, 1.807) is 4.90 Å². The second kappa shape index (κ2) is 5.96. The van der Waals surface area contributed by atoms with Crippen molar-refractivity contribution in [3.63, 3.8) is 0 Å². The second-order valence-corrected chi connectivity index (χ2v) is 6.70. The van der Waals surface area contributed by atoms with Crippen LogP contribution in [-0.2, 0) is 10.2 Å². The Balaban J connectivity index is 2.08. The van der Waals surface area contributed by atoms with Crippen LogP contribution in [0.25, 0.3) is 0 Å². The first-order chi connectivity index (χ1) is 9.39. The van der Waals surface area contributed by atoms with Crippen molar-refractivity contribution in [2.75, 3.05) is 18.5 Å². The minimum atomic E-state index is -0.0176. The first-order valence-corrected chi connectivity index (χ1v) is 7.51. The molecule has 3 heteroatoms. The van der Waals surface area contributed by atoms with Gasteiger partial charge in [0.1, 0.15) is 0 Å². The van der Waals surface area contributed by atoms with Crippen molar-refractivity contribution in [1.29, 1.82) is 0 Å². The summed E-state index contributed by atoms with van der Waals surface area (Å²) in [5, 5.41) is 3.31. The highest BCUT2D eigenvalue weighted by atomic mass is 16.2. The van der Waals surface area contributed by atoms with Crippen molar-refractivity contribution >= 4 is 11.6 Å². The standard InChI is InChI=1S/C17H26N2O/c1-17(2,3)13-8-10-14(11-9-13)19(4)16(20)15-7-5-6-12-18-15/h8-11,15,18H,5-7,12H2,1-4H3.